The standard InChI is InChI=1S/C14H20ClN3/c15-7-11-8-16-14(17-9-11)18-6-5-12-3-1-2-4-13(12)10-18/h8-9,12-13H,1-7,10H2. The van der Waals surface area contributed by atoms with Gasteiger partial charge >= 0.3 is 0 Å². The first kappa shape index (κ1) is 12.2. The molecule has 1 saturated carbocycles. The summed E-state index contributed by atoms with van der Waals surface area (Å²) in [5.74, 6) is 3.19. The molecule has 98 valence electrons. The first-order valence-corrected chi connectivity index (χ1v) is 7.52. The fourth-order valence-electron chi connectivity index (χ4n) is 3.36. The summed E-state index contributed by atoms with van der Waals surface area (Å²) in [5.41, 5.74) is 0.993. The summed E-state index contributed by atoms with van der Waals surface area (Å²) in [5, 5.41) is 0. The van der Waals surface area contributed by atoms with Crippen LogP contribution in [0.5, 0.6) is 0 Å². The second kappa shape index (κ2) is 5.43. The molecule has 2 atom stereocenters. The van der Waals surface area contributed by atoms with Gasteiger partial charge in [0, 0.05) is 31.0 Å². The maximum absolute atomic E-state index is 5.76. The van der Waals surface area contributed by atoms with Crippen molar-refractivity contribution in [3.05, 3.63) is 18.0 Å². The van der Waals surface area contributed by atoms with E-state index in [4.69, 9.17) is 11.6 Å². The van der Waals surface area contributed by atoms with Crippen LogP contribution in [0.15, 0.2) is 12.4 Å². The lowest BCUT2D eigenvalue weighted by molar-refractivity contribution is 0.201. The molecule has 2 fully saturated rings. The van der Waals surface area contributed by atoms with Crippen LogP contribution in [0.1, 0.15) is 37.7 Å². The lowest BCUT2D eigenvalue weighted by Gasteiger charge is -2.41. The van der Waals surface area contributed by atoms with Crippen LogP contribution in [0.25, 0.3) is 0 Å². The second-order valence-electron chi connectivity index (χ2n) is 5.56. The minimum Gasteiger partial charge on any atom is -0.341 e. The normalized spacial score (nSPS) is 27.9. The minimum atomic E-state index is 0.491. The molecule has 0 N–H and O–H groups in total. The van der Waals surface area contributed by atoms with Crippen molar-refractivity contribution in [1.29, 1.82) is 0 Å². The average Bonchev–Trinajstić information content (AvgIpc) is 2.47. The average molecular weight is 266 g/mol. The van der Waals surface area contributed by atoms with Crippen LogP contribution >= 0.6 is 11.6 Å². The van der Waals surface area contributed by atoms with Gasteiger partial charge < -0.3 is 4.90 Å². The lowest BCUT2D eigenvalue weighted by atomic mass is 9.75. The maximum atomic E-state index is 5.76. The summed E-state index contributed by atoms with van der Waals surface area (Å²) in [6, 6.07) is 0. The molecule has 1 aromatic rings. The van der Waals surface area contributed by atoms with E-state index in [1.165, 1.54) is 32.1 Å². The molecule has 0 spiro atoms. The van der Waals surface area contributed by atoms with Crippen molar-refractivity contribution in [3.8, 4) is 0 Å². The SMILES string of the molecule is ClCc1cnc(N2CCC3CCCCC3C2)nc1. The Morgan fingerprint density at radius 2 is 1.83 bits per heavy atom. The van der Waals surface area contributed by atoms with Crippen molar-refractivity contribution in [2.45, 2.75) is 38.0 Å². The first-order valence-electron chi connectivity index (χ1n) is 6.98. The Labute approximate surface area is 114 Å². The summed E-state index contributed by atoms with van der Waals surface area (Å²) in [6.07, 6.45) is 10.7. The van der Waals surface area contributed by atoms with Crippen molar-refractivity contribution in [2.24, 2.45) is 11.8 Å². The quantitative estimate of drug-likeness (QED) is 0.769. The van der Waals surface area contributed by atoms with Crippen LogP contribution in [-0.4, -0.2) is 23.1 Å². The van der Waals surface area contributed by atoms with Gasteiger partial charge in [0.1, 0.15) is 0 Å². The molecule has 1 saturated heterocycles. The molecule has 0 radical (unpaired) electrons. The van der Waals surface area contributed by atoms with E-state index in [2.05, 4.69) is 14.9 Å². The molecule has 3 nitrogen and oxygen atoms in total. The smallest absolute Gasteiger partial charge is 0.225 e. The van der Waals surface area contributed by atoms with E-state index in [0.717, 1.165) is 36.4 Å². The number of fused-ring (bicyclic) bond motifs is 1. The second-order valence-corrected chi connectivity index (χ2v) is 5.83. The molecule has 2 heterocycles. The van der Waals surface area contributed by atoms with Gasteiger partial charge in [-0.2, -0.15) is 0 Å². The van der Waals surface area contributed by atoms with E-state index >= 15 is 0 Å². The van der Waals surface area contributed by atoms with Gasteiger partial charge in [-0.3, -0.25) is 0 Å². The van der Waals surface area contributed by atoms with Gasteiger partial charge in [-0.05, 0) is 24.7 Å². The summed E-state index contributed by atoms with van der Waals surface area (Å²) >= 11 is 5.76. The molecule has 3 rings (SSSR count). The fraction of sp³-hybridized carbons (Fsp3) is 0.714. The molecule has 1 aliphatic carbocycles. The molecular weight excluding hydrogens is 246 g/mol. The Balaban J connectivity index is 1.69. The molecular formula is C14H20ClN3. The minimum absolute atomic E-state index is 0.491. The van der Waals surface area contributed by atoms with Crippen LogP contribution in [0.4, 0.5) is 5.95 Å². The van der Waals surface area contributed by atoms with Crippen LogP contribution in [0.2, 0.25) is 0 Å². The Morgan fingerprint density at radius 1 is 1.11 bits per heavy atom. The number of hydrogen-bond acceptors (Lipinski definition) is 3. The molecule has 0 bridgehead atoms. The van der Waals surface area contributed by atoms with E-state index in [9.17, 15) is 0 Å². The zero-order chi connectivity index (χ0) is 12.4. The highest BCUT2D eigenvalue weighted by Crippen LogP contribution is 2.36. The van der Waals surface area contributed by atoms with Gasteiger partial charge in [0.15, 0.2) is 0 Å². The Bertz CT molecular complexity index is 393. The highest BCUT2D eigenvalue weighted by Gasteiger charge is 2.31. The summed E-state index contributed by atoms with van der Waals surface area (Å²) < 4.78 is 0. The largest absolute Gasteiger partial charge is 0.341 e. The maximum Gasteiger partial charge on any atom is 0.225 e. The van der Waals surface area contributed by atoms with Crippen molar-refractivity contribution in [1.82, 2.24) is 9.97 Å². The van der Waals surface area contributed by atoms with Crippen molar-refractivity contribution < 1.29 is 0 Å². The number of hydrogen-bond donors (Lipinski definition) is 0. The zero-order valence-electron chi connectivity index (χ0n) is 10.7. The molecule has 0 aromatic carbocycles. The topological polar surface area (TPSA) is 29.0 Å². The van der Waals surface area contributed by atoms with E-state index in [0.29, 0.717) is 5.88 Å². The molecule has 2 unspecified atom stereocenters. The highest BCUT2D eigenvalue weighted by molar-refractivity contribution is 6.17. The number of halogens is 1. The summed E-state index contributed by atoms with van der Waals surface area (Å²) in [4.78, 5) is 11.2. The van der Waals surface area contributed by atoms with Gasteiger partial charge in [-0.1, -0.05) is 19.3 Å². The molecule has 4 heteroatoms. The highest BCUT2D eigenvalue weighted by atomic mass is 35.5. The molecule has 1 aliphatic heterocycles. The van der Waals surface area contributed by atoms with Crippen LogP contribution in [-0.2, 0) is 5.88 Å². The third-order valence-corrected chi connectivity index (χ3v) is 4.73. The Morgan fingerprint density at radius 3 is 2.56 bits per heavy atom. The van der Waals surface area contributed by atoms with E-state index in [-0.39, 0.29) is 0 Å². The first-order chi connectivity index (χ1) is 8.86. The van der Waals surface area contributed by atoms with Gasteiger partial charge in [0.25, 0.3) is 0 Å². The number of alkyl halides is 1. The van der Waals surface area contributed by atoms with E-state index in [1.54, 1.807) is 0 Å². The van der Waals surface area contributed by atoms with E-state index in [1.807, 2.05) is 12.4 Å². The monoisotopic (exact) mass is 265 g/mol. The predicted molar refractivity (Wildman–Crippen MR) is 73.9 cm³/mol. The van der Waals surface area contributed by atoms with Gasteiger partial charge in [0.05, 0.1) is 5.88 Å². The van der Waals surface area contributed by atoms with E-state index < -0.39 is 0 Å². The van der Waals surface area contributed by atoms with Gasteiger partial charge in [0.2, 0.25) is 5.95 Å². The number of anilines is 1. The zero-order valence-corrected chi connectivity index (χ0v) is 11.4. The lowest BCUT2D eigenvalue weighted by Crippen LogP contribution is -2.42. The van der Waals surface area contributed by atoms with Crippen LogP contribution in [0.3, 0.4) is 0 Å². The molecule has 18 heavy (non-hydrogen) atoms. The van der Waals surface area contributed by atoms with Gasteiger partial charge in [-0.15, -0.1) is 11.6 Å². The predicted octanol–water partition coefficient (Wildman–Crippen LogP) is 3.23. The molecule has 2 aliphatic rings. The van der Waals surface area contributed by atoms with Crippen molar-refractivity contribution in [2.75, 3.05) is 18.0 Å². The number of rotatable bonds is 2. The van der Waals surface area contributed by atoms with Crippen molar-refractivity contribution >= 4 is 17.5 Å². The van der Waals surface area contributed by atoms with Gasteiger partial charge in [-0.25, -0.2) is 9.97 Å². The third-order valence-electron chi connectivity index (χ3n) is 4.42. The summed E-state index contributed by atoms with van der Waals surface area (Å²) in [6.45, 7) is 2.26. The third kappa shape index (κ3) is 2.46. The Kier molecular flexibility index (Phi) is 3.69. The van der Waals surface area contributed by atoms with Crippen LogP contribution < -0.4 is 4.90 Å². The number of piperidine rings is 1. The Hall–Kier alpha value is -0.830. The fourth-order valence-corrected chi connectivity index (χ4v) is 3.50. The van der Waals surface area contributed by atoms with Crippen molar-refractivity contribution in [3.63, 3.8) is 0 Å². The number of nitrogens with zero attached hydrogens (tertiary/aromatic N) is 3. The molecule has 0 amide bonds. The van der Waals surface area contributed by atoms with Crippen LogP contribution in [0, 0.1) is 11.8 Å². The molecule has 1 aromatic heterocycles. The number of aromatic nitrogens is 2. The summed E-state index contributed by atoms with van der Waals surface area (Å²) in [7, 11) is 0.